The van der Waals surface area contributed by atoms with Crippen LogP contribution in [0.15, 0.2) is 34.8 Å². The highest BCUT2D eigenvalue weighted by Crippen LogP contribution is 2.29. The molecule has 0 fully saturated rings. The lowest BCUT2D eigenvalue weighted by Gasteiger charge is -2.11. The van der Waals surface area contributed by atoms with Crippen molar-refractivity contribution >= 4 is 21.6 Å². The number of hydrogen-bond donors (Lipinski definition) is 1. The van der Waals surface area contributed by atoms with Gasteiger partial charge in [0, 0.05) is 17.7 Å². The standard InChI is InChI=1S/C14H12BrF2NO2/c1-19-9-3-2-8(11(16)4-9)7-20-14-6-12(17)10(15)5-13(14)18/h2-6H,7,18H2,1H3. The van der Waals surface area contributed by atoms with Crippen LogP contribution < -0.4 is 15.2 Å². The fraction of sp³-hybridized carbons (Fsp3) is 0.143. The van der Waals surface area contributed by atoms with Crippen molar-refractivity contribution in [3.05, 3.63) is 52.0 Å². The summed E-state index contributed by atoms with van der Waals surface area (Å²) in [5, 5.41) is 0. The molecule has 0 aliphatic carbocycles. The Kier molecular flexibility index (Phi) is 4.44. The van der Waals surface area contributed by atoms with Crippen molar-refractivity contribution in [1.29, 1.82) is 0 Å². The van der Waals surface area contributed by atoms with Crippen molar-refractivity contribution in [2.45, 2.75) is 6.61 Å². The van der Waals surface area contributed by atoms with Crippen molar-refractivity contribution < 1.29 is 18.3 Å². The summed E-state index contributed by atoms with van der Waals surface area (Å²) in [6, 6.07) is 6.97. The van der Waals surface area contributed by atoms with E-state index in [-0.39, 0.29) is 22.5 Å². The quantitative estimate of drug-likeness (QED) is 0.856. The monoisotopic (exact) mass is 343 g/mol. The first-order chi connectivity index (χ1) is 9.51. The Morgan fingerprint density at radius 1 is 1.15 bits per heavy atom. The third-order valence-corrected chi connectivity index (χ3v) is 3.30. The predicted octanol–water partition coefficient (Wildman–Crippen LogP) is 3.90. The van der Waals surface area contributed by atoms with Crippen LogP contribution in [0, 0.1) is 11.6 Å². The van der Waals surface area contributed by atoms with E-state index < -0.39 is 11.6 Å². The van der Waals surface area contributed by atoms with Gasteiger partial charge in [0.2, 0.25) is 0 Å². The molecule has 0 aromatic heterocycles. The number of nitrogens with two attached hydrogens (primary N) is 1. The number of anilines is 1. The fourth-order valence-corrected chi connectivity index (χ4v) is 1.96. The van der Waals surface area contributed by atoms with Crippen molar-refractivity contribution in [2.75, 3.05) is 12.8 Å². The van der Waals surface area contributed by atoms with Crippen molar-refractivity contribution in [1.82, 2.24) is 0 Å². The molecule has 0 heterocycles. The van der Waals surface area contributed by atoms with Crippen LogP contribution >= 0.6 is 15.9 Å². The first kappa shape index (κ1) is 14.6. The zero-order valence-electron chi connectivity index (χ0n) is 10.6. The molecule has 2 rings (SSSR count). The molecule has 2 aromatic carbocycles. The van der Waals surface area contributed by atoms with Crippen LogP contribution in [0.5, 0.6) is 11.5 Å². The number of benzene rings is 2. The van der Waals surface area contributed by atoms with E-state index >= 15 is 0 Å². The average Bonchev–Trinajstić information content (AvgIpc) is 2.42. The van der Waals surface area contributed by atoms with Crippen LogP contribution in [0.2, 0.25) is 0 Å². The zero-order valence-corrected chi connectivity index (χ0v) is 12.2. The van der Waals surface area contributed by atoms with E-state index in [1.54, 1.807) is 12.1 Å². The van der Waals surface area contributed by atoms with E-state index in [1.165, 1.54) is 19.2 Å². The van der Waals surface area contributed by atoms with E-state index in [0.717, 1.165) is 6.07 Å². The molecule has 2 N–H and O–H groups in total. The van der Waals surface area contributed by atoms with Gasteiger partial charge in [0.1, 0.15) is 29.7 Å². The average molecular weight is 344 g/mol. The Morgan fingerprint density at radius 2 is 1.90 bits per heavy atom. The van der Waals surface area contributed by atoms with Crippen molar-refractivity contribution in [3.63, 3.8) is 0 Å². The van der Waals surface area contributed by atoms with Gasteiger partial charge in [-0.05, 0) is 34.1 Å². The van der Waals surface area contributed by atoms with Crippen LogP contribution in [0.4, 0.5) is 14.5 Å². The summed E-state index contributed by atoms with van der Waals surface area (Å²) < 4.78 is 37.6. The van der Waals surface area contributed by atoms with E-state index in [1.807, 2.05) is 0 Å². The topological polar surface area (TPSA) is 44.5 Å². The van der Waals surface area contributed by atoms with Crippen LogP contribution in [-0.4, -0.2) is 7.11 Å². The molecule has 20 heavy (non-hydrogen) atoms. The highest BCUT2D eigenvalue weighted by Gasteiger charge is 2.09. The lowest BCUT2D eigenvalue weighted by atomic mass is 10.2. The minimum atomic E-state index is -0.496. The summed E-state index contributed by atoms with van der Waals surface area (Å²) in [5.74, 6) is -0.369. The molecule has 0 amide bonds. The third kappa shape index (κ3) is 3.19. The number of halogens is 3. The van der Waals surface area contributed by atoms with Gasteiger partial charge in [0.25, 0.3) is 0 Å². The maximum atomic E-state index is 13.7. The number of hydrogen-bond acceptors (Lipinski definition) is 3. The molecule has 0 atom stereocenters. The van der Waals surface area contributed by atoms with Gasteiger partial charge in [-0.2, -0.15) is 0 Å². The Morgan fingerprint density at radius 3 is 2.55 bits per heavy atom. The molecule has 0 radical (unpaired) electrons. The highest BCUT2D eigenvalue weighted by molar-refractivity contribution is 9.10. The van der Waals surface area contributed by atoms with Gasteiger partial charge in [-0.25, -0.2) is 8.78 Å². The second-order valence-corrected chi connectivity index (χ2v) is 4.90. The molecule has 106 valence electrons. The number of ether oxygens (including phenoxy) is 2. The van der Waals surface area contributed by atoms with E-state index in [2.05, 4.69) is 15.9 Å². The summed E-state index contributed by atoms with van der Waals surface area (Å²) in [5.41, 5.74) is 6.30. The number of methoxy groups -OCH3 is 1. The molecular weight excluding hydrogens is 332 g/mol. The Balaban J connectivity index is 2.15. The molecule has 0 unspecified atom stereocenters. The molecule has 0 saturated heterocycles. The molecule has 0 saturated carbocycles. The third-order valence-electron chi connectivity index (χ3n) is 2.70. The Bertz CT molecular complexity index is 635. The maximum Gasteiger partial charge on any atom is 0.145 e. The van der Waals surface area contributed by atoms with Gasteiger partial charge in [-0.3, -0.25) is 0 Å². The molecule has 2 aromatic rings. The van der Waals surface area contributed by atoms with Gasteiger partial charge < -0.3 is 15.2 Å². The van der Waals surface area contributed by atoms with E-state index in [0.29, 0.717) is 11.3 Å². The second-order valence-electron chi connectivity index (χ2n) is 4.05. The molecule has 0 bridgehead atoms. The van der Waals surface area contributed by atoms with Gasteiger partial charge in [-0.1, -0.05) is 0 Å². The summed E-state index contributed by atoms with van der Waals surface area (Å²) in [7, 11) is 1.45. The van der Waals surface area contributed by atoms with Gasteiger partial charge in [-0.15, -0.1) is 0 Å². The molecular formula is C14H12BrF2NO2. The van der Waals surface area contributed by atoms with Crippen LogP contribution in [0.3, 0.4) is 0 Å². The SMILES string of the molecule is COc1ccc(COc2cc(F)c(Br)cc2N)c(F)c1. The smallest absolute Gasteiger partial charge is 0.145 e. The minimum absolute atomic E-state index is 0.0545. The summed E-state index contributed by atoms with van der Waals surface area (Å²) in [6.07, 6.45) is 0. The maximum absolute atomic E-state index is 13.7. The van der Waals surface area contributed by atoms with Gasteiger partial charge >= 0.3 is 0 Å². The minimum Gasteiger partial charge on any atom is -0.497 e. The van der Waals surface area contributed by atoms with Crippen molar-refractivity contribution in [2.24, 2.45) is 0 Å². The Hall–Kier alpha value is -1.82. The zero-order chi connectivity index (χ0) is 14.7. The molecule has 0 aliphatic heterocycles. The largest absolute Gasteiger partial charge is 0.497 e. The molecule has 6 heteroatoms. The van der Waals surface area contributed by atoms with E-state index in [9.17, 15) is 8.78 Å². The summed E-state index contributed by atoms with van der Waals surface area (Å²) in [4.78, 5) is 0. The lowest BCUT2D eigenvalue weighted by Crippen LogP contribution is -2.02. The lowest BCUT2D eigenvalue weighted by molar-refractivity contribution is 0.299. The predicted molar refractivity (Wildman–Crippen MR) is 75.8 cm³/mol. The number of rotatable bonds is 4. The molecule has 0 spiro atoms. The second kappa shape index (κ2) is 6.09. The summed E-state index contributed by atoms with van der Waals surface area (Å²) >= 11 is 3.02. The van der Waals surface area contributed by atoms with Gasteiger partial charge in [0.05, 0.1) is 17.3 Å². The first-order valence-corrected chi connectivity index (χ1v) is 6.50. The molecule has 0 aliphatic rings. The van der Waals surface area contributed by atoms with Crippen molar-refractivity contribution in [3.8, 4) is 11.5 Å². The fourth-order valence-electron chi connectivity index (χ4n) is 1.60. The van der Waals surface area contributed by atoms with Crippen LogP contribution in [-0.2, 0) is 6.61 Å². The normalized spacial score (nSPS) is 10.4. The summed E-state index contributed by atoms with van der Waals surface area (Å²) in [6.45, 7) is -0.0545. The number of nitrogen functional groups attached to an aromatic ring is 1. The van der Waals surface area contributed by atoms with Gasteiger partial charge in [0.15, 0.2) is 0 Å². The Labute approximate surface area is 123 Å². The van der Waals surface area contributed by atoms with Crippen LogP contribution in [0.1, 0.15) is 5.56 Å². The molecule has 3 nitrogen and oxygen atoms in total. The van der Waals surface area contributed by atoms with E-state index in [4.69, 9.17) is 15.2 Å². The first-order valence-electron chi connectivity index (χ1n) is 5.71. The highest BCUT2D eigenvalue weighted by atomic mass is 79.9. The van der Waals surface area contributed by atoms with Crippen LogP contribution in [0.25, 0.3) is 0 Å².